The average molecular weight is 348 g/mol. The highest BCUT2D eigenvalue weighted by Gasteiger charge is 2.37. The van der Waals surface area contributed by atoms with E-state index in [0.29, 0.717) is 11.0 Å². The number of benzene rings is 2. The summed E-state index contributed by atoms with van der Waals surface area (Å²) in [6.07, 6.45) is 1.84. The van der Waals surface area contributed by atoms with Crippen LogP contribution in [0, 0.1) is 0 Å². The number of rotatable bonds is 4. The molecule has 2 aromatic carbocycles. The van der Waals surface area contributed by atoms with Gasteiger partial charge in [-0.05, 0) is 46.0 Å². The van der Waals surface area contributed by atoms with Gasteiger partial charge in [-0.3, -0.25) is 0 Å². The second-order valence-corrected chi connectivity index (χ2v) is 6.35. The van der Waals surface area contributed by atoms with Gasteiger partial charge in [0.2, 0.25) is 0 Å². The second kappa shape index (κ2) is 5.79. The minimum Gasteiger partial charge on any atom is -0.506 e. The molecule has 0 aliphatic heterocycles. The highest BCUT2D eigenvalue weighted by molar-refractivity contribution is 9.10. The predicted molar refractivity (Wildman–Crippen MR) is 86.2 cm³/mol. The number of phenols is 1. The molecule has 0 fully saturated rings. The Labute approximate surface area is 132 Å². The van der Waals surface area contributed by atoms with E-state index in [-0.39, 0.29) is 12.4 Å². The van der Waals surface area contributed by atoms with Crippen molar-refractivity contribution in [1.82, 2.24) is 5.32 Å². The van der Waals surface area contributed by atoms with Gasteiger partial charge >= 0.3 is 0 Å². The Kier molecular flexibility index (Phi) is 4.02. The van der Waals surface area contributed by atoms with Crippen LogP contribution in [0.4, 0.5) is 0 Å². The molecule has 0 saturated carbocycles. The summed E-state index contributed by atoms with van der Waals surface area (Å²) in [6.45, 7) is 0.568. The maximum Gasteiger partial charge on any atom is 0.134 e. The van der Waals surface area contributed by atoms with Gasteiger partial charge in [-0.1, -0.05) is 36.4 Å². The monoisotopic (exact) mass is 347 g/mol. The molecule has 0 heterocycles. The second-order valence-electron chi connectivity index (χ2n) is 5.50. The van der Waals surface area contributed by atoms with Crippen molar-refractivity contribution < 1.29 is 10.2 Å². The number of para-hydroxylation sites is 1. The third-order valence-electron chi connectivity index (χ3n) is 4.31. The number of nitrogens with one attached hydrogen (secondary N) is 1. The van der Waals surface area contributed by atoms with Crippen LogP contribution in [-0.4, -0.2) is 16.8 Å². The summed E-state index contributed by atoms with van der Waals surface area (Å²) in [5.74, 6) is 0.254. The third-order valence-corrected chi connectivity index (χ3v) is 4.95. The molecule has 3 nitrogen and oxygen atoms in total. The first-order valence-electron chi connectivity index (χ1n) is 7.07. The van der Waals surface area contributed by atoms with E-state index in [4.69, 9.17) is 0 Å². The fourth-order valence-electron chi connectivity index (χ4n) is 3.06. The van der Waals surface area contributed by atoms with E-state index in [1.54, 1.807) is 0 Å². The van der Waals surface area contributed by atoms with Gasteiger partial charge < -0.3 is 15.5 Å². The van der Waals surface area contributed by atoms with Crippen LogP contribution in [0.25, 0.3) is 0 Å². The highest BCUT2D eigenvalue weighted by atomic mass is 79.9. The van der Waals surface area contributed by atoms with Crippen molar-refractivity contribution in [3.63, 3.8) is 0 Å². The summed E-state index contributed by atoms with van der Waals surface area (Å²) >= 11 is 3.33. The zero-order valence-electron chi connectivity index (χ0n) is 11.6. The van der Waals surface area contributed by atoms with Crippen LogP contribution in [-0.2, 0) is 18.5 Å². The molecular weight excluding hydrogens is 330 g/mol. The summed E-state index contributed by atoms with van der Waals surface area (Å²) in [5.41, 5.74) is 2.87. The van der Waals surface area contributed by atoms with Gasteiger partial charge in [0.25, 0.3) is 0 Å². The molecule has 1 aliphatic carbocycles. The van der Waals surface area contributed by atoms with E-state index in [1.807, 2.05) is 30.3 Å². The first-order chi connectivity index (χ1) is 10.2. The number of hydrogen-bond acceptors (Lipinski definition) is 3. The first kappa shape index (κ1) is 14.6. The quantitative estimate of drug-likeness (QED) is 0.796. The SMILES string of the molecule is OCC1(NCc2cccc(Br)c2O)CCc2ccccc21. The summed E-state index contributed by atoms with van der Waals surface area (Å²) in [5, 5.41) is 23.5. The molecule has 0 bridgehead atoms. The molecule has 0 radical (unpaired) electrons. The summed E-state index contributed by atoms with van der Waals surface area (Å²) in [6, 6.07) is 13.8. The van der Waals surface area contributed by atoms with Crippen LogP contribution in [0.1, 0.15) is 23.1 Å². The molecule has 1 atom stereocenters. The smallest absolute Gasteiger partial charge is 0.134 e. The number of aliphatic hydroxyl groups is 1. The van der Waals surface area contributed by atoms with Gasteiger partial charge in [0.1, 0.15) is 5.75 Å². The van der Waals surface area contributed by atoms with Gasteiger partial charge in [0.15, 0.2) is 0 Å². The van der Waals surface area contributed by atoms with Crippen LogP contribution < -0.4 is 5.32 Å². The zero-order valence-corrected chi connectivity index (χ0v) is 13.2. The van der Waals surface area contributed by atoms with Crippen molar-refractivity contribution in [2.75, 3.05) is 6.61 Å². The molecule has 2 aromatic rings. The van der Waals surface area contributed by atoms with E-state index in [0.717, 1.165) is 18.4 Å². The molecule has 1 aliphatic rings. The number of aromatic hydroxyl groups is 1. The number of aryl methyl sites for hydroxylation is 1. The number of fused-ring (bicyclic) bond motifs is 1. The standard InChI is InChI=1S/C17H18BrNO2/c18-15-7-3-5-13(16(15)21)10-19-17(11-20)9-8-12-4-1-2-6-14(12)17/h1-7,19-21H,8-11H2. The summed E-state index contributed by atoms with van der Waals surface area (Å²) in [4.78, 5) is 0. The molecule has 3 N–H and O–H groups in total. The van der Waals surface area contributed by atoms with Crippen LogP contribution in [0.5, 0.6) is 5.75 Å². The topological polar surface area (TPSA) is 52.5 Å². The van der Waals surface area contributed by atoms with Crippen LogP contribution in [0.3, 0.4) is 0 Å². The molecule has 110 valence electrons. The van der Waals surface area contributed by atoms with Crippen LogP contribution in [0.15, 0.2) is 46.9 Å². The van der Waals surface area contributed by atoms with Crippen molar-refractivity contribution in [3.8, 4) is 5.75 Å². The van der Waals surface area contributed by atoms with Gasteiger partial charge in [-0.2, -0.15) is 0 Å². The van der Waals surface area contributed by atoms with E-state index < -0.39 is 5.54 Å². The molecule has 0 spiro atoms. The van der Waals surface area contributed by atoms with Crippen molar-refractivity contribution in [1.29, 1.82) is 0 Å². The van der Waals surface area contributed by atoms with Gasteiger partial charge in [0, 0.05) is 12.1 Å². The Hall–Kier alpha value is -1.36. The lowest BCUT2D eigenvalue weighted by molar-refractivity contribution is 0.158. The Morgan fingerprint density at radius 2 is 1.95 bits per heavy atom. The fraction of sp³-hybridized carbons (Fsp3) is 0.294. The maximum absolute atomic E-state index is 10.1. The normalized spacial score (nSPS) is 20.5. The van der Waals surface area contributed by atoms with Crippen molar-refractivity contribution in [3.05, 3.63) is 63.6 Å². The van der Waals surface area contributed by atoms with Crippen molar-refractivity contribution >= 4 is 15.9 Å². The minimum atomic E-state index is -0.411. The number of phenolic OH excluding ortho intramolecular Hbond substituents is 1. The fourth-order valence-corrected chi connectivity index (χ4v) is 3.47. The van der Waals surface area contributed by atoms with Crippen molar-refractivity contribution in [2.45, 2.75) is 24.9 Å². The van der Waals surface area contributed by atoms with Crippen LogP contribution >= 0.6 is 15.9 Å². The lowest BCUT2D eigenvalue weighted by Gasteiger charge is -2.30. The molecule has 4 heteroatoms. The average Bonchev–Trinajstić information content (AvgIpc) is 2.88. The summed E-state index contributed by atoms with van der Waals surface area (Å²) < 4.78 is 0.687. The Balaban J connectivity index is 1.85. The predicted octanol–water partition coefficient (Wildman–Crippen LogP) is 3.08. The minimum absolute atomic E-state index is 0.0543. The Morgan fingerprint density at radius 1 is 1.14 bits per heavy atom. The number of hydrogen-bond donors (Lipinski definition) is 3. The molecule has 3 rings (SSSR count). The highest BCUT2D eigenvalue weighted by Crippen LogP contribution is 2.37. The van der Waals surface area contributed by atoms with Gasteiger partial charge in [0.05, 0.1) is 16.6 Å². The van der Waals surface area contributed by atoms with E-state index in [2.05, 4.69) is 33.4 Å². The maximum atomic E-state index is 10.1. The lowest BCUT2D eigenvalue weighted by Crippen LogP contribution is -2.43. The molecular formula is C17H18BrNO2. The van der Waals surface area contributed by atoms with Gasteiger partial charge in [-0.25, -0.2) is 0 Å². The van der Waals surface area contributed by atoms with E-state index >= 15 is 0 Å². The van der Waals surface area contributed by atoms with Crippen molar-refractivity contribution in [2.24, 2.45) is 0 Å². The molecule has 21 heavy (non-hydrogen) atoms. The third kappa shape index (κ3) is 2.59. The van der Waals surface area contributed by atoms with Gasteiger partial charge in [-0.15, -0.1) is 0 Å². The largest absolute Gasteiger partial charge is 0.506 e. The molecule has 1 unspecified atom stereocenters. The first-order valence-corrected chi connectivity index (χ1v) is 7.86. The number of aliphatic hydroxyl groups excluding tert-OH is 1. The number of halogens is 1. The molecule has 0 aromatic heterocycles. The summed E-state index contributed by atoms with van der Waals surface area (Å²) in [7, 11) is 0. The molecule has 0 amide bonds. The zero-order chi connectivity index (χ0) is 14.9. The Morgan fingerprint density at radius 3 is 2.76 bits per heavy atom. The van der Waals surface area contributed by atoms with E-state index in [1.165, 1.54) is 11.1 Å². The lowest BCUT2D eigenvalue weighted by atomic mass is 9.92. The van der Waals surface area contributed by atoms with Crippen LogP contribution in [0.2, 0.25) is 0 Å². The van der Waals surface area contributed by atoms with E-state index in [9.17, 15) is 10.2 Å². The molecule has 0 saturated heterocycles. The Bertz CT molecular complexity index is 659.